The molecule has 0 fully saturated rings. The van der Waals surface area contributed by atoms with Crippen molar-refractivity contribution >= 4 is 5.78 Å². The van der Waals surface area contributed by atoms with Crippen LogP contribution in [0.15, 0.2) is 24.3 Å². The van der Waals surface area contributed by atoms with Crippen LogP contribution in [-0.4, -0.2) is 5.78 Å². The molecule has 1 rings (SSSR count). The Kier molecular flexibility index (Phi) is 4.59. The van der Waals surface area contributed by atoms with E-state index in [1.807, 2.05) is 20.8 Å². The lowest BCUT2D eigenvalue weighted by atomic mass is 9.83. The fourth-order valence-electron chi connectivity index (χ4n) is 1.85. The van der Waals surface area contributed by atoms with Gasteiger partial charge in [0.15, 0.2) is 5.78 Å². The Balaban J connectivity index is 3.09. The SMILES string of the molecule is CC(C)(C)CC(=O)C(C#N)c1cccc(C(F)(F)F)c1. The third kappa shape index (κ3) is 4.37. The predicted octanol–water partition coefficient (Wildman–Crippen LogP) is 4.32. The van der Waals surface area contributed by atoms with Gasteiger partial charge in [0, 0.05) is 6.42 Å². The minimum absolute atomic E-state index is 0.0941. The molecular weight excluding hydrogens is 267 g/mol. The molecular formula is C15H16F3NO. The molecule has 0 radical (unpaired) electrons. The van der Waals surface area contributed by atoms with Crippen molar-refractivity contribution in [3.8, 4) is 6.07 Å². The number of nitrogens with zero attached hydrogens (tertiary/aromatic N) is 1. The summed E-state index contributed by atoms with van der Waals surface area (Å²) >= 11 is 0. The zero-order chi connectivity index (χ0) is 15.6. The Morgan fingerprint density at radius 3 is 2.35 bits per heavy atom. The maximum Gasteiger partial charge on any atom is 0.416 e. The van der Waals surface area contributed by atoms with Crippen molar-refractivity contribution in [2.24, 2.45) is 5.41 Å². The number of halogens is 3. The Morgan fingerprint density at radius 2 is 1.90 bits per heavy atom. The van der Waals surface area contributed by atoms with Gasteiger partial charge < -0.3 is 0 Å². The van der Waals surface area contributed by atoms with Crippen LogP contribution in [0.3, 0.4) is 0 Å². The van der Waals surface area contributed by atoms with Crippen LogP contribution in [-0.2, 0) is 11.0 Å². The number of nitriles is 1. The first-order valence-electron chi connectivity index (χ1n) is 6.14. The molecule has 5 heteroatoms. The smallest absolute Gasteiger partial charge is 0.298 e. The molecule has 0 aliphatic carbocycles. The number of hydrogen-bond donors (Lipinski definition) is 0. The highest BCUT2D eigenvalue weighted by Crippen LogP contribution is 2.32. The van der Waals surface area contributed by atoms with E-state index < -0.39 is 17.7 Å². The highest BCUT2D eigenvalue weighted by atomic mass is 19.4. The number of Topliss-reactive ketones (excluding diaryl/α,β-unsaturated/α-hetero) is 1. The highest BCUT2D eigenvalue weighted by Gasteiger charge is 2.32. The second-order valence-electron chi connectivity index (χ2n) is 5.89. The van der Waals surface area contributed by atoms with E-state index in [-0.39, 0.29) is 23.2 Å². The van der Waals surface area contributed by atoms with Gasteiger partial charge in [-0.25, -0.2) is 0 Å². The second-order valence-corrected chi connectivity index (χ2v) is 5.89. The topological polar surface area (TPSA) is 40.9 Å². The van der Waals surface area contributed by atoms with Gasteiger partial charge in [0.05, 0.1) is 11.6 Å². The van der Waals surface area contributed by atoms with E-state index in [4.69, 9.17) is 5.26 Å². The molecule has 0 spiro atoms. The number of alkyl halides is 3. The molecule has 20 heavy (non-hydrogen) atoms. The van der Waals surface area contributed by atoms with Gasteiger partial charge in [-0.15, -0.1) is 0 Å². The van der Waals surface area contributed by atoms with E-state index in [0.29, 0.717) is 0 Å². The Labute approximate surface area is 116 Å². The molecule has 108 valence electrons. The van der Waals surface area contributed by atoms with E-state index in [1.165, 1.54) is 12.1 Å². The Hall–Kier alpha value is -1.83. The number of hydrogen-bond acceptors (Lipinski definition) is 2. The van der Waals surface area contributed by atoms with Gasteiger partial charge in [0.2, 0.25) is 0 Å². The largest absolute Gasteiger partial charge is 0.416 e. The van der Waals surface area contributed by atoms with Crippen molar-refractivity contribution < 1.29 is 18.0 Å². The molecule has 1 unspecified atom stereocenters. The van der Waals surface area contributed by atoms with Gasteiger partial charge in [0.1, 0.15) is 5.92 Å². The van der Waals surface area contributed by atoms with Gasteiger partial charge in [-0.1, -0.05) is 39.0 Å². The molecule has 1 atom stereocenters. The lowest BCUT2D eigenvalue weighted by molar-refractivity contribution is -0.137. The minimum atomic E-state index is -4.48. The lowest BCUT2D eigenvalue weighted by Gasteiger charge is -2.19. The zero-order valence-corrected chi connectivity index (χ0v) is 11.6. The molecule has 0 aliphatic heterocycles. The molecule has 0 aliphatic rings. The van der Waals surface area contributed by atoms with Gasteiger partial charge in [-0.05, 0) is 17.0 Å². The first-order valence-corrected chi connectivity index (χ1v) is 6.14. The first-order chi connectivity index (χ1) is 9.04. The van der Waals surface area contributed by atoms with Gasteiger partial charge in [-0.2, -0.15) is 18.4 Å². The quantitative estimate of drug-likeness (QED) is 0.829. The number of ketones is 1. The summed E-state index contributed by atoms with van der Waals surface area (Å²) in [6.45, 7) is 5.52. The standard InChI is InChI=1S/C15H16F3NO/c1-14(2,3)8-13(20)12(9-19)10-5-4-6-11(7-10)15(16,17)18/h4-7,12H,8H2,1-3H3. The van der Waals surface area contributed by atoms with Gasteiger partial charge in [-0.3, -0.25) is 4.79 Å². The van der Waals surface area contributed by atoms with E-state index in [9.17, 15) is 18.0 Å². The third-order valence-electron chi connectivity index (χ3n) is 2.70. The average Bonchev–Trinajstić information content (AvgIpc) is 2.26. The van der Waals surface area contributed by atoms with Crippen molar-refractivity contribution in [1.82, 2.24) is 0 Å². The summed E-state index contributed by atoms with van der Waals surface area (Å²) in [5.74, 6) is -1.52. The number of benzene rings is 1. The fourth-order valence-corrected chi connectivity index (χ4v) is 1.85. The highest BCUT2D eigenvalue weighted by molar-refractivity contribution is 5.88. The summed E-state index contributed by atoms with van der Waals surface area (Å²) < 4.78 is 37.9. The number of rotatable bonds is 3. The Bertz CT molecular complexity index is 535. The maximum atomic E-state index is 12.6. The molecule has 0 N–H and O–H groups in total. The van der Waals surface area contributed by atoms with Crippen LogP contribution in [0.1, 0.15) is 44.2 Å². The molecule has 0 saturated carbocycles. The van der Waals surface area contributed by atoms with Crippen molar-refractivity contribution in [2.45, 2.75) is 39.3 Å². The van der Waals surface area contributed by atoms with Crippen LogP contribution in [0, 0.1) is 16.7 Å². The Morgan fingerprint density at radius 1 is 1.30 bits per heavy atom. The van der Waals surface area contributed by atoms with E-state index in [0.717, 1.165) is 12.1 Å². The second kappa shape index (κ2) is 5.66. The summed E-state index contributed by atoms with van der Waals surface area (Å²) in [7, 11) is 0. The number of carbonyl (C=O) groups is 1. The molecule has 0 heterocycles. The van der Waals surface area contributed by atoms with Crippen LogP contribution in [0.5, 0.6) is 0 Å². The fraction of sp³-hybridized carbons (Fsp3) is 0.467. The van der Waals surface area contributed by atoms with Crippen LogP contribution in [0.25, 0.3) is 0 Å². The molecule has 1 aromatic rings. The van der Waals surface area contributed by atoms with E-state index in [1.54, 1.807) is 6.07 Å². The lowest BCUT2D eigenvalue weighted by Crippen LogP contribution is -2.19. The van der Waals surface area contributed by atoms with Gasteiger partial charge >= 0.3 is 6.18 Å². The zero-order valence-electron chi connectivity index (χ0n) is 11.6. The summed E-state index contributed by atoms with van der Waals surface area (Å²) in [6, 6.07) is 6.19. The average molecular weight is 283 g/mol. The monoisotopic (exact) mass is 283 g/mol. The molecule has 0 bridgehead atoms. The van der Waals surface area contributed by atoms with E-state index in [2.05, 4.69) is 0 Å². The molecule has 0 amide bonds. The normalized spacial score (nSPS) is 13.7. The van der Waals surface area contributed by atoms with Crippen molar-refractivity contribution in [3.05, 3.63) is 35.4 Å². The van der Waals surface area contributed by atoms with Crippen LogP contribution in [0.2, 0.25) is 0 Å². The van der Waals surface area contributed by atoms with E-state index >= 15 is 0 Å². The van der Waals surface area contributed by atoms with Crippen LogP contribution < -0.4 is 0 Å². The summed E-state index contributed by atoms with van der Waals surface area (Å²) in [5, 5.41) is 9.09. The predicted molar refractivity (Wildman–Crippen MR) is 68.9 cm³/mol. The minimum Gasteiger partial charge on any atom is -0.298 e. The number of carbonyl (C=O) groups excluding carboxylic acids is 1. The van der Waals surface area contributed by atoms with Crippen molar-refractivity contribution in [3.63, 3.8) is 0 Å². The molecule has 0 aromatic heterocycles. The van der Waals surface area contributed by atoms with Crippen LogP contribution >= 0.6 is 0 Å². The summed E-state index contributed by atoms with van der Waals surface area (Å²) in [6.07, 6.45) is -4.34. The molecule has 2 nitrogen and oxygen atoms in total. The van der Waals surface area contributed by atoms with Crippen LogP contribution in [0.4, 0.5) is 13.2 Å². The maximum absolute atomic E-state index is 12.6. The summed E-state index contributed by atoms with van der Waals surface area (Å²) in [4.78, 5) is 12.0. The molecule has 0 saturated heterocycles. The summed E-state index contributed by atoms with van der Waals surface area (Å²) in [5.41, 5.74) is -1.07. The van der Waals surface area contributed by atoms with Gasteiger partial charge in [0.25, 0.3) is 0 Å². The first kappa shape index (κ1) is 16.2. The molecule has 1 aromatic carbocycles. The van der Waals surface area contributed by atoms with Crippen molar-refractivity contribution in [1.29, 1.82) is 5.26 Å². The third-order valence-corrected chi connectivity index (χ3v) is 2.70. The van der Waals surface area contributed by atoms with Crippen molar-refractivity contribution in [2.75, 3.05) is 0 Å².